The summed E-state index contributed by atoms with van der Waals surface area (Å²) in [6, 6.07) is 5.77. The van der Waals surface area contributed by atoms with Crippen LogP contribution in [0.4, 0.5) is 4.39 Å². The van der Waals surface area contributed by atoms with Gasteiger partial charge in [0.25, 0.3) is 0 Å². The Balaban J connectivity index is 2.87. The van der Waals surface area contributed by atoms with Gasteiger partial charge in [-0.3, -0.25) is 0 Å². The molecule has 3 heteroatoms. The van der Waals surface area contributed by atoms with Crippen LogP contribution in [0.3, 0.4) is 0 Å². The lowest BCUT2D eigenvalue weighted by Gasteiger charge is -2.04. The first-order chi connectivity index (χ1) is 5.77. The van der Waals surface area contributed by atoms with E-state index in [4.69, 9.17) is 11.6 Å². The molecule has 1 atom stereocenters. The average molecular weight is 187 g/mol. The van der Waals surface area contributed by atoms with E-state index in [0.29, 0.717) is 0 Å². The molecule has 12 heavy (non-hydrogen) atoms. The Morgan fingerprint density at radius 2 is 2.00 bits per heavy atom. The summed E-state index contributed by atoms with van der Waals surface area (Å²) in [5.74, 6) is -0.403. The van der Waals surface area contributed by atoms with Gasteiger partial charge in [0.1, 0.15) is 12.1 Å². The van der Waals surface area contributed by atoms with Crippen molar-refractivity contribution >= 4 is 17.9 Å². The largest absolute Gasteiger partial charge is 0.303 e. The van der Waals surface area contributed by atoms with E-state index in [-0.39, 0.29) is 17.6 Å². The van der Waals surface area contributed by atoms with Gasteiger partial charge in [0.15, 0.2) is 0 Å². The van der Waals surface area contributed by atoms with Gasteiger partial charge in [0, 0.05) is 5.88 Å². The molecule has 1 rings (SSSR count). The quantitative estimate of drug-likeness (QED) is 0.523. The average Bonchev–Trinajstić information content (AvgIpc) is 2.10. The zero-order valence-electron chi connectivity index (χ0n) is 6.34. The van der Waals surface area contributed by atoms with Crippen molar-refractivity contribution in [3.63, 3.8) is 0 Å². The molecule has 0 fully saturated rings. The van der Waals surface area contributed by atoms with E-state index in [0.717, 1.165) is 11.8 Å². The molecule has 0 radical (unpaired) electrons. The third kappa shape index (κ3) is 2.05. The van der Waals surface area contributed by atoms with Crippen molar-refractivity contribution in [2.75, 3.05) is 5.88 Å². The van der Waals surface area contributed by atoms with E-state index in [1.54, 1.807) is 12.1 Å². The second-order valence-corrected chi connectivity index (χ2v) is 2.76. The Kier molecular flexibility index (Phi) is 3.23. The van der Waals surface area contributed by atoms with Gasteiger partial charge in [-0.2, -0.15) is 0 Å². The van der Waals surface area contributed by atoms with Gasteiger partial charge in [-0.25, -0.2) is 4.39 Å². The van der Waals surface area contributed by atoms with Crippen LogP contribution in [0.15, 0.2) is 24.3 Å². The Morgan fingerprint density at radius 1 is 1.42 bits per heavy atom. The Bertz CT molecular complexity index is 258. The minimum absolute atomic E-state index is 0.231. The molecule has 0 heterocycles. The number of carbonyl (C=O) groups excluding carboxylic acids is 1. The van der Waals surface area contributed by atoms with Crippen LogP contribution in [0.5, 0.6) is 0 Å². The van der Waals surface area contributed by atoms with Crippen molar-refractivity contribution in [3.05, 3.63) is 35.6 Å². The summed E-state index contributed by atoms with van der Waals surface area (Å²) in [5, 5.41) is 0. The molecule has 1 aromatic carbocycles. The molecule has 0 spiro atoms. The van der Waals surface area contributed by atoms with Gasteiger partial charge in [0.05, 0.1) is 5.92 Å². The lowest BCUT2D eigenvalue weighted by molar-refractivity contribution is -0.108. The van der Waals surface area contributed by atoms with Crippen LogP contribution in [-0.4, -0.2) is 12.2 Å². The summed E-state index contributed by atoms with van der Waals surface area (Å²) in [4.78, 5) is 10.4. The number of rotatable bonds is 3. The second kappa shape index (κ2) is 4.21. The van der Waals surface area contributed by atoms with Crippen molar-refractivity contribution < 1.29 is 9.18 Å². The number of hydrogen-bond acceptors (Lipinski definition) is 1. The van der Waals surface area contributed by atoms with Crippen LogP contribution in [-0.2, 0) is 4.79 Å². The maximum Gasteiger partial charge on any atom is 0.128 e. The van der Waals surface area contributed by atoms with Crippen molar-refractivity contribution in [1.29, 1.82) is 0 Å². The van der Waals surface area contributed by atoms with Gasteiger partial charge in [-0.05, 0) is 17.7 Å². The highest BCUT2D eigenvalue weighted by Gasteiger charge is 2.07. The predicted molar refractivity (Wildman–Crippen MR) is 45.9 cm³/mol. The van der Waals surface area contributed by atoms with E-state index in [1.807, 2.05) is 0 Å². The van der Waals surface area contributed by atoms with Gasteiger partial charge in [-0.1, -0.05) is 12.1 Å². The van der Waals surface area contributed by atoms with E-state index in [9.17, 15) is 9.18 Å². The Morgan fingerprint density at radius 3 is 2.42 bits per heavy atom. The Hall–Kier alpha value is -0.890. The zero-order chi connectivity index (χ0) is 8.97. The number of benzene rings is 1. The third-order valence-corrected chi connectivity index (χ3v) is 1.96. The fourth-order valence-electron chi connectivity index (χ4n) is 0.914. The molecule has 0 aliphatic carbocycles. The summed E-state index contributed by atoms with van der Waals surface area (Å²) in [6.45, 7) is 0. The number of alkyl halides is 1. The van der Waals surface area contributed by atoms with Gasteiger partial charge < -0.3 is 4.79 Å². The molecule has 0 saturated heterocycles. The van der Waals surface area contributed by atoms with E-state index >= 15 is 0 Å². The molecule has 1 nitrogen and oxygen atoms in total. The molecule has 0 amide bonds. The topological polar surface area (TPSA) is 17.1 Å². The second-order valence-electron chi connectivity index (χ2n) is 2.45. The normalized spacial score (nSPS) is 12.5. The number of halogens is 2. The van der Waals surface area contributed by atoms with Gasteiger partial charge in [0.2, 0.25) is 0 Å². The molecule has 0 aliphatic rings. The summed E-state index contributed by atoms with van der Waals surface area (Å²) in [5.41, 5.74) is 0.751. The summed E-state index contributed by atoms with van der Waals surface area (Å²) >= 11 is 5.52. The first-order valence-corrected chi connectivity index (χ1v) is 4.08. The highest BCUT2D eigenvalue weighted by Crippen LogP contribution is 2.15. The summed E-state index contributed by atoms with van der Waals surface area (Å²) in [6.07, 6.45) is 0.764. The SMILES string of the molecule is O=CC(CCl)c1ccc(F)cc1. The maximum absolute atomic E-state index is 12.4. The van der Waals surface area contributed by atoms with Gasteiger partial charge in [-0.15, -0.1) is 11.6 Å². The summed E-state index contributed by atoms with van der Waals surface area (Å²) < 4.78 is 12.4. The van der Waals surface area contributed by atoms with Crippen molar-refractivity contribution in [1.82, 2.24) is 0 Å². The predicted octanol–water partition coefficient (Wildman–Crippen LogP) is 2.35. The van der Waals surface area contributed by atoms with Crippen LogP contribution < -0.4 is 0 Å². The van der Waals surface area contributed by atoms with E-state index in [1.165, 1.54) is 12.1 Å². The molecule has 1 unspecified atom stereocenters. The molecular weight excluding hydrogens is 179 g/mol. The van der Waals surface area contributed by atoms with Crippen LogP contribution in [0.2, 0.25) is 0 Å². The third-order valence-electron chi connectivity index (χ3n) is 1.63. The molecule has 0 N–H and O–H groups in total. The van der Waals surface area contributed by atoms with Crippen LogP contribution in [0, 0.1) is 5.82 Å². The lowest BCUT2D eigenvalue weighted by atomic mass is 10.0. The van der Waals surface area contributed by atoms with Crippen molar-refractivity contribution in [2.45, 2.75) is 5.92 Å². The first kappa shape index (κ1) is 9.20. The minimum Gasteiger partial charge on any atom is -0.303 e. The van der Waals surface area contributed by atoms with Gasteiger partial charge >= 0.3 is 0 Å². The van der Waals surface area contributed by atoms with Crippen molar-refractivity contribution in [3.8, 4) is 0 Å². The number of carbonyl (C=O) groups is 1. The fraction of sp³-hybridized carbons (Fsp3) is 0.222. The highest BCUT2D eigenvalue weighted by molar-refractivity contribution is 6.19. The maximum atomic E-state index is 12.4. The highest BCUT2D eigenvalue weighted by atomic mass is 35.5. The van der Waals surface area contributed by atoms with Crippen molar-refractivity contribution in [2.24, 2.45) is 0 Å². The monoisotopic (exact) mass is 186 g/mol. The molecule has 0 saturated carbocycles. The molecular formula is C9H8ClFO. The molecule has 0 bridgehead atoms. The van der Waals surface area contributed by atoms with E-state index < -0.39 is 0 Å². The van der Waals surface area contributed by atoms with Crippen LogP contribution in [0.25, 0.3) is 0 Å². The molecule has 1 aromatic rings. The van der Waals surface area contributed by atoms with E-state index in [2.05, 4.69) is 0 Å². The lowest BCUT2D eigenvalue weighted by Crippen LogP contribution is -2.01. The zero-order valence-corrected chi connectivity index (χ0v) is 7.09. The van der Waals surface area contributed by atoms with Crippen LogP contribution in [0.1, 0.15) is 11.5 Å². The first-order valence-electron chi connectivity index (χ1n) is 3.54. The molecule has 0 aliphatic heterocycles. The standard InChI is InChI=1S/C9H8ClFO/c10-5-8(6-12)7-1-3-9(11)4-2-7/h1-4,6,8H,5H2. The summed E-state index contributed by atoms with van der Waals surface area (Å²) in [7, 11) is 0. The fourth-order valence-corrected chi connectivity index (χ4v) is 1.16. The number of hydrogen-bond donors (Lipinski definition) is 0. The number of aldehydes is 1. The molecule has 64 valence electrons. The Labute approximate surface area is 75.2 Å². The smallest absolute Gasteiger partial charge is 0.128 e. The molecule has 0 aromatic heterocycles. The minimum atomic E-state index is -0.327. The van der Waals surface area contributed by atoms with Crippen LogP contribution >= 0.6 is 11.6 Å².